The molecule has 0 aliphatic carbocycles. The van der Waals surface area contributed by atoms with Gasteiger partial charge in [-0.2, -0.15) is 0 Å². The quantitative estimate of drug-likeness (QED) is 0.911. The van der Waals surface area contributed by atoms with Crippen molar-refractivity contribution in [3.63, 3.8) is 0 Å². The lowest BCUT2D eigenvalue weighted by Gasteiger charge is -2.08. The van der Waals surface area contributed by atoms with E-state index in [9.17, 15) is 4.79 Å². The van der Waals surface area contributed by atoms with E-state index < -0.39 is 0 Å². The SMILES string of the molecule is COc1ccc(-c2sc(=O)[nH]c2C)cc1OC. The van der Waals surface area contributed by atoms with Crippen molar-refractivity contribution in [2.24, 2.45) is 0 Å². The van der Waals surface area contributed by atoms with Crippen molar-refractivity contribution in [3.8, 4) is 21.9 Å². The van der Waals surface area contributed by atoms with Gasteiger partial charge in [0.2, 0.25) is 0 Å². The summed E-state index contributed by atoms with van der Waals surface area (Å²) in [5.74, 6) is 1.34. The van der Waals surface area contributed by atoms with Gasteiger partial charge in [0.15, 0.2) is 11.5 Å². The van der Waals surface area contributed by atoms with E-state index in [1.165, 1.54) is 11.3 Å². The van der Waals surface area contributed by atoms with Crippen molar-refractivity contribution in [2.75, 3.05) is 14.2 Å². The van der Waals surface area contributed by atoms with Crippen LogP contribution in [0.5, 0.6) is 11.5 Å². The number of benzene rings is 1. The zero-order valence-electron chi connectivity index (χ0n) is 9.87. The molecule has 0 radical (unpaired) electrons. The summed E-state index contributed by atoms with van der Waals surface area (Å²) in [6.45, 7) is 1.88. The second-order valence-corrected chi connectivity index (χ2v) is 4.52. The number of rotatable bonds is 3. The Morgan fingerprint density at radius 2 is 1.88 bits per heavy atom. The first-order valence-corrected chi connectivity index (χ1v) is 5.89. The van der Waals surface area contributed by atoms with Crippen molar-refractivity contribution < 1.29 is 9.47 Å². The summed E-state index contributed by atoms with van der Waals surface area (Å²) >= 11 is 1.19. The zero-order chi connectivity index (χ0) is 12.4. The third kappa shape index (κ3) is 2.19. The molecule has 1 heterocycles. The Hall–Kier alpha value is -1.75. The van der Waals surface area contributed by atoms with Gasteiger partial charge in [0, 0.05) is 5.69 Å². The molecule has 90 valence electrons. The number of nitrogens with one attached hydrogen (secondary N) is 1. The number of aromatic amines is 1. The van der Waals surface area contributed by atoms with Crippen LogP contribution in [0.25, 0.3) is 10.4 Å². The Bertz CT molecular complexity index is 586. The van der Waals surface area contributed by atoms with Gasteiger partial charge < -0.3 is 14.5 Å². The number of thiazole rings is 1. The van der Waals surface area contributed by atoms with Crippen LogP contribution in [-0.4, -0.2) is 19.2 Å². The average molecular weight is 251 g/mol. The summed E-state index contributed by atoms with van der Waals surface area (Å²) in [7, 11) is 3.19. The number of aryl methyl sites for hydroxylation is 1. The highest BCUT2D eigenvalue weighted by Gasteiger charge is 2.10. The molecule has 0 amide bonds. The Balaban J connectivity index is 2.53. The molecule has 0 saturated carbocycles. The Morgan fingerprint density at radius 1 is 1.18 bits per heavy atom. The third-order valence-corrected chi connectivity index (χ3v) is 3.50. The fourth-order valence-corrected chi connectivity index (χ4v) is 2.50. The van der Waals surface area contributed by atoms with Gasteiger partial charge in [0.25, 0.3) is 0 Å². The second-order valence-electron chi connectivity index (χ2n) is 3.54. The van der Waals surface area contributed by atoms with Gasteiger partial charge in [-0.3, -0.25) is 4.79 Å². The normalized spacial score (nSPS) is 10.3. The number of methoxy groups -OCH3 is 2. The van der Waals surface area contributed by atoms with Crippen LogP contribution in [0.15, 0.2) is 23.0 Å². The first kappa shape index (κ1) is 11.7. The number of ether oxygens (including phenoxy) is 2. The predicted molar refractivity (Wildman–Crippen MR) is 68.2 cm³/mol. The molecule has 2 rings (SSSR count). The lowest BCUT2D eigenvalue weighted by molar-refractivity contribution is 0.355. The molecule has 0 fully saturated rings. The molecular weight excluding hydrogens is 238 g/mol. The highest BCUT2D eigenvalue weighted by atomic mass is 32.1. The van der Waals surface area contributed by atoms with Crippen molar-refractivity contribution >= 4 is 11.3 Å². The summed E-state index contributed by atoms with van der Waals surface area (Å²) < 4.78 is 10.4. The van der Waals surface area contributed by atoms with E-state index in [0.717, 1.165) is 16.1 Å². The lowest BCUT2D eigenvalue weighted by atomic mass is 10.1. The van der Waals surface area contributed by atoms with E-state index in [2.05, 4.69) is 4.98 Å². The number of H-pyrrole nitrogens is 1. The largest absolute Gasteiger partial charge is 0.493 e. The number of hydrogen-bond donors (Lipinski definition) is 1. The van der Waals surface area contributed by atoms with Crippen LogP contribution in [0.4, 0.5) is 0 Å². The van der Waals surface area contributed by atoms with E-state index in [0.29, 0.717) is 11.5 Å². The fraction of sp³-hybridized carbons (Fsp3) is 0.250. The molecule has 0 saturated heterocycles. The minimum Gasteiger partial charge on any atom is -0.493 e. The average Bonchev–Trinajstić information content (AvgIpc) is 2.67. The molecule has 0 aliphatic heterocycles. The molecule has 17 heavy (non-hydrogen) atoms. The molecule has 5 heteroatoms. The van der Waals surface area contributed by atoms with E-state index in [1.807, 2.05) is 25.1 Å². The minimum absolute atomic E-state index is 0.0488. The van der Waals surface area contributed by atoms with Crippen LogP contribution in [0, 0.1) is 6.92 Å². The minimum atomic E-state index is -0.0488. The summed E-state index contributed by atoms with van der Waals surface area (Å²) in [5.41, 5.74) is 1.82. The van der Waals surface area contributed by atoms with Crippen LogP contribution in [-0.2, 0) is 0 Å². The van der Waals surface area contributed by atoms with Gasteiger partial charge in [0.1, 0.15) is 0 Å². The van der Waals surface area contributed by atoms with Crippen molar-refractivity contribution in [2.45, 2.75) is 6.92 Å². The van der Waals surface area contributed by atoms with Crippen LogP contribution >= 0.6 is 11.3 Å². The smallest absolute Gasteiger partial charge is 0.305 e. The molecule has 0 spiro atoms. The third-order valence-electron chi connectivity index (χ3n) is 2.47. The van der Waals surface area contributed by atoms with Crippen molar-refractivity contribution in [1.82, 2.24) is 4.98 Å². The van der Waals surface area contributed by atoms with E-state index >= 15 is 0 Å². The molecule has 0 aliphatic rings. The predicted octanol–water partition coefficient (Wildman–Crippen LogP) is 2.43. The number of aromatic nitrogens is 1. The maximum Gasteiger partial charge on any atom is 0.305 e. The van der Waals surface area contributed by atoms with Gasteiger partial charge in [-0.1, -0.05) is 11.3 Å². The summed E-state index contributed by atoms with van der Waals surface area (Å²) in [5, 5.41) is 0. The zero-order valence-corrected chi connectivity index (χ0v) is 10.7. The topological polar surface area (TPSA) is 51.3 Å². The Kier molecular flexibility index (Phi) is 3.19. The van der Waals surface area contributed by atoms with E-state index in [4.69, 9.17) is 9.47 Å². The molecule has 1 aromatic carbocycles. The fourth-order valence-electron chi connectivity index (χ4n) is 1.66. The molecular formula is C12H13NO3S. The summed E-state index contributed by atoms with van der Waals surface area (Å²) in [6.07, 6.45) is 0. The van der Waals surface area contributed by atoms with Gasteiger partial charge in [-0.25, -0.2) is 0 Å². The summed E-state index contributed by atoms with van der Waals surface area (Å²) in [4.78, 5) is 14.9. The highest BCUT2D eigenvalue weighted by Crippen LogP contribution is 2.34. The van der Waals surface area contributed by atoms with Gasteiger partial charge in [0.05, 0.1) is 19.1 Å². The summed E-state index contributed by atoms with van der Waals surface area (Å²) in [6, 6.07) is 5.61. The molecule has 0 bridgehead atoms. The standard InChI is InChI=1S/C12H13NO3S/c1-7-11(17-12(14)13-7)8-4-5-9(15-2)10(6-8)16-3/h4-6H,1-3H3,(H,13,14). The van der Waals surface area contributed by atoms with Crippen LogP contribution in [0.2, 0.25) is 0 Å². The molecule has 1 aromatic heterocycles. The Morgan fingerprint density at radius 3 is 2.41 bits per heavy atom. The van der Waals surface area contributed by atoms with Crippen LogP contribution in [0.3, 0.4) is 0 Å². The van der Waals surface area contributed by atoms with Crippen LogP contribution < -0.4 is 14.3 Å². The van der Waals surface area contributed by atoms with E-state index in [1.54, 1.807) is 14.2 Å². The molecule has 1 N–H and O–H groups in total. The second kappa shape index (κ2) is 4.63. The lowest BCUT2D eigenvalue weighted by Crippen LogP contribution is -1.91. The van der Waals surface area contributed by atoms with E-state index in [-0.39, 0.29) is 4.87 Å². The van der Waals surface area contributed by atoms with Crippen molar-refractivity contribution in [3.05, 3.63) is 33.6 Å². The monoisotopic (exact) mass is 251 g/mol. The van der Waals surface area contributed by atoms with Crippen molar-refractivity contribution in [1.29, 1.82) is 0 Å². The highest BCUT2D eigenvalue weighted by molar-refractivity contribution is 7.13. The first-order valence-electron chi connectivity index (χ1n) is 5.08. The maximum atomic E-state index is 11.3. The van der Waals surface area contributed by atoms with Gasteiger partial charge in [-0.15, -0.1) is 0 Å². The van der Waals surface area contributed by atoms with Gasteiger partial charge >= 0.3 is 4.87 Å². The first-order chi connectivity index (χ1) is 8.15. The molecule has 4 nitrogen and oxygen atoms in total. The van der Waals surface area contributed by atoms with Gasteiger partial charge in [-0.05, 0) is 30.7 Å². The Labute approximate surface area is 103 Å². The molecule has 0 unspecified atom stereocenters. The number of hydrogen-bond acceptors (Lipinski definition) is 4. The molecule has 0 atom stereocenters. The van der Waals surface area contributed by atoms with Crippen LogP contribution in [0.1, 0.15) is 5.69 Å². The molecule has 2 aromatic rings. The maximum absolute atomic E-state index is 11.3.